The largest absolute Gasteiger partial charge is 0.493 e. The van der Waals surface area contributed by atoms with Gasteiger partial charge in [-0.15, -0.1) is 0 Å². The van der Waals surface area contributed by atoms with Crippen molar-refractivity contribution >= 4 is 11.6 Å². The number of ether oxygens (including phenoxy) is 3. The van der Waals surface area contributed by atoms with Gasteiger partial charge in [0.25, 0.3) is 0 Å². The van der Waals surface area contributed by atoms with Gasteiger partial charge in [-0.1, -0.05) is 13.3 Å². The smallest absolute Gasteiger partial charge is 0.241 e. The van der Waals surface area contributed by atoms with Gasteiger partial charge in [0, 0.05) is 18.9 Å². The average Bonchev–Trinajstić information content (AvgIpc) is 2.48. The first-order valence-electron chi connectivity index (χ1n) is 6.98. The second kappa shape index (κ2) is 9.20. The van der Waals surface area contributed by atoms with Crippen LogP contribution in [0.5, 0.6) is 11.5 Å². The number of hydrogen-bond acceptors (Lipinski definition) is 5. The number of amides is 1. The Bertz CT molecular complexity index is 451. The number of nitrogens with two attached hydrogens (primary N) is 1. The van der Waals surface area contributed by atoms with Gasteiger partial charge in [0.15, 0.2) is 11.5 Å². The zero-order chi connectivity index (χ0) is 15.7. The quantitative estimate of drug-likeness (QED) is 0.679. The Labute approximate surface area is 125 Å². The Balaban J connectivity index is 2.74. The van der Waals surface area contributed by atoms with Crippen molar-refractivity contribution in [3.63, 3.8) is 0 Å². The minimum Gasteiger partial charge on any atom is -0.493 e. The number of rotatable bonds is 9. The third-order valence-electron chi connectivity index (χ3n) is 2.91. The summed E-state index contributed by atoms with van der Waals surface area (Å²) >= 11 is 0. The number of carbonyl (C=O) groups is 1. The zero-order valence-electron chi connectivity index (χ0n) is 12.8. The third-order valence-corrected chi connectivity index (χ3v) is 2.91. The molecule has 21 heavy (non-hydrogen) atoms. The summed E-state index contributed by atoms with van der Waals surface area (Å²) in [5.41, 5.74) is 6.41. The summed E-state index contributed by atoms with van der Waals surface area (Å²) < 4.78 is 15.7. The summed E-state index contributed by atoms with van der Waals surface area (Å²) in [7, 11) is 3.17. The maximum absolute atomic E-state index is 11.9. The van der Waals surface area contributed by atoms with Crippen LogP contribution in [0.1, 0.15) is 19.8 Å². The molecule has 0 heterocycles. The fourth-order valence-corrected chi connectivity index (χ4v) is 1.78. The van der Waals surface area contributed by atoms with Crippen molar-refractivity contribution in [1.82, 2.24) is 0 Å². The maximum Gasteiger partial charge on any atom is 0.241 e. The molecular weight excluding hydrogens is 272 g/mol. The van der Waals surface area contributed by atoms with Gasteiger partial charge in [0.05, 0.1) is 19.8 Å². The minimum absolute atomic E-state index is 0.204. The molecule has 0 bridgehead atoms. The second-order valence-electron chi connectivity index (χ2n) is 4.59. The summed E-state index contributed by atoms with van der Waals surface area (Å²) in [6.07, 6.45) is 1.52. The molecule has 0 fully saturated rings. The molecular formula is C15H24N2O4. The fourth-order valence-electron chi connectivity index (χ4n) is 1.78. The van der Waals surface area contributed by atoms with Crippen molar-refractivity contribution in [2.24, 2.45) is 5.73 Å². The lowest BCUT2D eigenvalue weighted by molar-refractivity contribution is -0.117. The van der Waals surface area contributed by atoms with Crippen LogP contribution in [0.15, 0.2) is 18.2 Å². The standard InChI is InChI=1S/C15H24N2O4/c1-4-5-12(16)15(18)17-11-6-7-13(20-3)14(10-11)21-9-8-19-2/h6-7,10,12H,4-5,8-9,16H2,1-3H3,(H,17,18). The Morgan fingerprint density at radius 1 is 1.29 bits per heavy atom. The first-order chi connectivity index (χ1) is 10.1. The zero-order valence-corrected chi connectivity index (χ0v) is 12.8. The topological polar surface area (TPSA) is 82.8 Å². The summed E-state index contributed by atoms with van der Waals surface area (Å²) in [6.45, 7) is 2.86. The van der Waals surface area contributed by atoms with Crippen molar-refractivity contribution in [1.29, 1.82) is 0 Å². The molecule has 0 aromatic heterocycles. The molecule has 118 valence electrons. The van der Waals surface area contributed by atoms with E-state index in [1.54, 1.807) is 32.4 Å². The van der Waals surface area contributed by atoms with E-state index in [1.165, 1.54) is 0 Å². The van der Waals surface area contributed by atoms with Crippen LogP contribution in [-0.4, -0.2) is 39.4 Å². The highest BCUT2D eigenvalue weighted by molar-refractivity contribution is 5.94. The minimum atomic E-state index is -0.505. The molecule has 1 aromatic rings. The van der Waals surface area contributed by atoms with Gasteiger partial charge in [0.1, 0.15) is 6.61 Å². The van der Waals surface area contributed by atoms with Crippen LogP contribution >= 0.6 is 0 Å². The fraction of sp³-hybridized carbons (Fsp3) is 0.533. The van der Waals surface area contributed by atoms with E-state index in [1.807, 2.05) is 6.92 Å². The molecule has 3 N–H and O–H groups in total. The van der Waals surface area contributed by atoms with Gasteiger partial charge in [-0.05, 0) is 18.6 Å². The normalized spacial score (nSPS) is 11.8. The molecule has 1 unspecified atom stereocenters. The van der Waals surface area contributed by atoms with E-state index >= 15 is 0 Å². The highest BCUT2D eigenvalue weighted by Crippen LogP contribution is 2.30. The van der Waals surface area contributed by atoms with Crippen molar-refractivity contribution in [2.45, 2.75) is 25.8 Å². The van der Waals surface area contributed by atoms with E-state index in [0.29, 0.717) is 36.8 Å². The lowest BCUT2D eigenvalue weighted by Crippen LogP contribution is -2.35. The molecule has 0 aliphatic rings. The van der Waals surface area contributed by atoms with Gasteiger partial charge < -0.3 is 25.3 Å². The molecule has 1 atom stereocenters. The summed E-state index contributed by atoms with van der Waals surface area (Å²) in [5.74, 6) is 0.947. The van der Waals surface area contributed by atoms with Crippen molar-refractivity contribution < 1.29 is 19.0 Å². The van der Waals surface area contributed by atoms with E-state index < -0.39 is 6.04 Å². The second-order valence-corrected chi connectivity index (χ2v) is 4.59. The highest BCUT2D eigenvalue weighted by Gasteiger charge is 2.13. The summed E-state index contributed by atoms with van der Waals surface area (Å²) in [4.78, 5) is 11.9. The van der Waals surface area contributed by atoms with Crippen LogP contribution in [0.2, 0.25) is 0 Å². The molecule has 1 rings (SSSR count). The van der Waals surface area contributed by atoms with Crippen molar-refractivity contribution in [3.8, 4) is 11.5 Å². The molecule has 1 aromatic carbocycles. The molecule has 6 nitrogen and oxygen atoms in total. The maximum atomic E-state index is 11.9. The van der Waals surface area contributed by atoms with Crippen molar-refractivity contribution in [2.75, 3.05) is 32.8 Å². The number of nitrogens with one attached hydrogen (secondary N) is 1. The molecule has 6 heteroatoms. The Kier molecular flexibility index (Phi) is 7.56. The van der Waals surface area contributed by atoms with E-state index in [4.69, 9.17) is 19.9 Å². The first-order valence-corrected chi connectivity index (χ1v) is 6.98. The Morgan fingerprint density at radius 3 is 2.67 bits per heavy atom. The molecule has 0 radical (unpaired) electrons. The predicted octanol–water partition coefficient (Wildman–Crippen LogP) is 1.79. The molecule has 0 spiro atoms. The molecule has 0 saturated heterocycles. The van der Waals surface area contributed by atoms with Crippen LogP contribution in [0.4, 0.5) is 5.69 Å². The first kappa shape index (κ1) is 17.3. The molecule has 0 aliphatic carbocycles. The Morgan fingerprint density at radius 2 is 2.05 bits per heavy atom. The van der Waals surface area contributed by atoms with Gasteiger partial charge >= 0.3 is 0 Å². The van der Waals surface area contributed by atoms with Crippen LogP contribution in [0.3, 0.4) is 0 Å². The third kappa shape index (κ3) is 5.61. The molecule has 0 saturated carbocycles. The molecule has 0 aliphatic heterocycles. The number of hydrogen-bond donors (Lipinski definition) is 2. The van der Waals surface area contributed by atoms with Crippen LogP contribution < -0.4 is 20.5 Å². The van der Waals surface area contributed by atoms with Gasteiger partial charge in [-0.25, -0.2) is 0 Å². The van der Waals surface area contributed by atoms with E-state index in [9.17, 15) is 4.79 Å². The van der Waals surface area contributed by atoms with E-state index in [-0.39, 0.29) is 5.91 Å². The van der Waals surface area contributed by atoms with E-state index in [2.05, 4.69) is 5.32 Å². The number of benzene rings is 1. The summed E-state index contributed by atoms with van der Waals surface area (Å²) in [6, 6.07) is 4.70. The van der Waals surface area contributed by atoms with Gasteiger partial charge in [0.2, 0.25) is 5.91 Å². The monoisotopic (exact) mass is 296 g/mol. The highest BCUT2D eigenvalue weighted by atomic mass is 16.5. The van der Waals surface area contributed by atoms with Crippen LogP contribution in [0.25, 0.3) is 0 Å². The summed E-state index contributed by atoms with van der Waals surface area (Å²) in [5, 5.41) is 2.78. The lowest BCUT2D eigenvalue weighted by atomic mass is 10.1. The SMILES string of the molecule is CCCC(N)C(=O)Nc1ccc(OC)c(OCCOC)c1. The number of anilines is 1. The average molecular weight is 296 g/mol. The van der Waals surface area contributed by atoms with Gasteiger partial charge in [-0.3, -0.25) is 4.79 Å². The van der Waals surface area contributed by atoms with Crippen LogP contribution in [-0.2, 0) is 9.53 Å². The number of methoxy groups -OCH3 is 2. The van der Waals surface area contributed by atoms with Gasteiger partial charge in [-0.2, -0.15) is 0 Å². The predicted molar refractivity (Wildman–Crippen MR) is 81.9 cm³/mol. The lowest BCUT2D eigenvalue weighted by Gasteiger charge is -2.14. The van der Waals surface area contributed by atoms with Crippen molar-refractivity contribution in [3.05, 3.63) is 18.2 Å². The number of carbonyl (C=O) groups excluding carboxylic acids is 1. The Hall–Kier alpha value is -1.79. The van der Waals surface area contributed by atoms with E-state index in [0.717, 1.165) is 6.42 Å². The van der Waals surface area contributed by atoms with Crippen LogP contribution in [0, 0.1) is 0 Å². The molecule has 1 amide bonds.